The number of aliphatic carboxylic acids is 1. The standard InChI is InChI=1S/C17H21N3O7/c1-2-19(9-16(21)22)11-5-10(6-11)18-17(23)12-7-14-15(27-4-3-26-14)8-13(12)20(24)25/h7-8,10-11H,2-6,9H2,1H3,(H,18,23)(H,21,22). The molecular weight excluding hydrogens is 358 g/mol. The van der Waals surface area contributed by atoms with Crippen LogP contribution in [0.1, 0.15) is 30.1 Å². The summed E-state index contributed by atoms with van der Waals surface area (Å²) in [6.45, 7) is 3.05. The average molecular weight is 379 g/mol. The zero-order valence-corrected chi connectivity index (χ0v) is 14.8. The summed E-state index contributed by atoms with van der Waals surface area (Å²) in [7, 11) is 0. The molecule has 0 unspecified atom stereocenters. The average Bonchev–Trinajstić information content (AvgIpc) is 2.61. The van der Waals surface area contributed by atoms with Crippen LogP contribution in [0, 0.1) is 10.1 Å². The van der Waals surface area contributed by atoms with Crippen molar-refractivity contribution in [3.8, 4) is 11.5 Å². The Bertz CT molecular complexity index is 761. The number of carbonyl (C=O) groups excluding carboxylic acids is 1. The topological polar surface area (TPSA) is 131 Å². The van der Waals surface area contributed by atoms with Gasteiger partial charge in [0.25, 0.3) is 11.6 Å². The van der Waals surface area contributed by atoms with E-state index in [1.54, 1.807) is 0 Å². The zero-order chi connectivity index (χ0) is 19.6. The number of hydrogen-bond acceptors (Lipinski definition) is 7. The lowest BCUT2D eigenvalue weighted by atomic mass is 9.85. The maximum Gasteiger partial charge on any atom is 0.317 e. The van der Waals surface area contributed by atoms with Crippen molar-refractivity contribution in [3.05, 3.63) is 27.8 Å². The third-order valence-electron chi connectivity index (χ3n) is 4.81. The molecule has 1 aliphatic heterocycles. The van der Waals surface area contributed by atoms with Crippen molar-refractivity contribution >= 4 is 17.6 Å². The maximum atomic E-state index is 12.6. The van der Waals surface area contributed by atoms with E-state index >= 15 is 0 Å². The molecule has 2 aliphatic rings. The Morgan fingerprint density at radius 2 is 1.93 bits per heavy atom. The highest BCUT2D eigenvalue weighted by Gasteiger charge is 2.36. The summed E-state index contributed by atoms with van der Waals surface area (Å²) in [5, 5.41) is 23.0. The monoisotopic (exact) mass is 379 g/mol. The molecule has 0 radical (unpaired) electrons. The number of likely N-dealkylation sites (N-methyl/N-ethyl adjacent to an activating group) is 1. The van der Waals surface area contributed by atoms with Gasteiger partial charge in [-0.15, -0.1) is 0 Å². The number of nitro benzene ring substituents is 1. The zero-order valence-electron chi connectivity index (χ0n) is 14.8. The molecule has 146 valence electrons. The van der Waals surface area contributed by atoms with Crippen LogP contribution in [0.4, 0.5) is 5.69 Å². The molecular formula is C17H21N3O7. The number of benzene rings is 1. The highest BCUT2D eigenvalue weighted by atomic mass is 16.6. The van der Waals surface area contributed by atoms with Gasteiger partial charge in [-0.1, -0.05) is 6.92 Å². The second-order valence-corrected chi connectivity index (χ2v) is 6.52. The summed E-state index contributed by atoms with van der Waals surface area (Å²) in [5.74, 6) is -0.887. The fourth-order valence-electron chi connectivity index (χ4n) is 3.35. The molecule has 1 amide bonds. The molecule has 1 heterocycles. The molecule has 10 nitrogen and oxygen atoms in total. The van der Waals surface area contributed by atoms with E-state index in [2.05, 4.69) is 5.32 Å². The van der Waals surface area contributed by atoms with Crippen molar-refractivity contribution in [3.63, 3.8) is 0 Å². The third kappa shape index (κ3) is 4.11. The van der Waals surface area contributed by atoms with Crippen molar-refractivity contribution in [1.29, 1.82) is 0 Å². The van der Waals surface area contributed by atoms with Crippen LogP contribution >= 0.6 is 0 Å². The highest BCUT2D eigenvalue weighted by molar-refractivity contribution is 5.99. The number of carbonyl (C=O) groups is 2. The van der Waals surface area contributed by atoms with Crippen molar-refractivity contribution in [2.75, 3.05) is 26.3 Å². The van der Waals surface area contributed by atoms with E-state index in [1.807, 2.05) is 11.8 Å². The molecule has 1 aromatic rings. The Balaban J connectivity index is 1.67. The fraction of sp³-hybridized carbons (Fsp3) is 0.529. The normalized spacial score (nSPS) is 20.7. The van der Waals surface area contributed by atoms with Crippen LogP contribution < -0.4 is 14.8 Å². The van der Waals surface area contributed by atoms with Crippen molar-refractivity contribution in [1.82, 2.24) is 10.2 Å². The van der Waals surface area contributed by atoms with Gasteiger partial charge in [-0.25, -0.2) is 0 Å². The van der Waals surface area contributed by atoms with Crippen LogP contribution in [0.2, 0.25) is 0 Å². The Hall–Kier alpha value is -2.88. The summed E-state index contributed by atoms with van der Waals surface area (Å²) in [6, 6.07) is 2.46. The molecule has 1 fully saturated rings. The molecule has 27 heavy (non-hydrogen) atoms. The fourth-order valence-corrected chi connectivity index (χ4v) is 3.35. The minimum Gasteiger partial charge on any atom is -0.486 e. The van der Waals surface area contributed by atoms with Gasteiger partial charge in [0, 0.05) is 18.2 Å². The number of ether oxygens (including phenoxy) is 2. The van der Waals surface area contributed by atoms with Crippen molar-refractivity contribution < 1.29 is 29.1 Å². The summed E-state index contributed by atoms with van der Waals surface area (Å²) in [6.07, 6.45) is 1.20. The molecule has 0 aromatic heterocycles. The minimum absolute atomic E-state index is 0.0462. The number of nitro groups is 1. The third-order valence-corrected chi connectivity index (χ3v) is 4.81. The summed E-state index contributed by atoms with van der Waals surface area (Å²) >= 11 is 0. The molecule has 1 saturated carbocycles. The number of carboxylic acids is 1. The molecule has 0 saturated heterocycles. The van der Waals surface area contributed by atoms with E-state index in [0.717, 1.165) is 0 Å². The first-order chi connectivity index (χ1) is 12.9. The number of nitrogens with zero attached hydrogens (tertiary/aromatic N) is 2. The molecule has 10 heteroatoms. The van der Waals surface area contributed by atoms with Crippen molar-refractivity contribution in [2.45, 2.75) is 31.8 Å². The Morgan fingerprint density at radius 3 is 2.48 bits per heavy atom. The summed E-state index contributed by atoms with van der Waals surface area (Å²) in [4.78, 5) is 36.0. The number of nitrogens with one attached hydrogen (secondary N) is 1. The second kappa shape index (κ2) is 7.78. The van der Waals surface area contributed by atoms with Gasteiger partial charge in [0.1, 0.15) is 18.8 Å². The van der Waals surface area contributed by atoms with E-state index in [4.69, 9.17) is 14.6 Å². The van der Waals surface area contributed by atoms with Crippen LogP contribution in [0.15, 0.2) is 12.1 Å². The first-order valence-corrected chi connectivity index (χ1v) is 8.73. The van der Waals surface area contributed by atoms with Gasteiger partial charge in [0.2, 0.25) is 0 Å². The molecule has 0 spiro atoms. The lowest BCUT2D eigenvalue weighted by Gasteiger charge is -2.42. The molecule has 3 rings (SSSR count). The van der Waals surface area contributed by atoms with Crippen LogP contribution in [0.25, 0.3) is 0 Å². The van der Waals surface area contributed by atoms with Gasteiger partial charge in [-0.2, -0.15) is 0 Å². The van der Waals surface area contributed by atoms with Crippen LogP contribution in [0.3, 0.4) is 0 Å². The largest absolute Gasteiger partial charge is 0.486 e. The van der Waals surface area contributed by atoms with E-state index in [-0.39, 0.29) is 35.6 Å². The number of hydrogen-bond donors (Lipinski definition) is 2. The highest BCUT2D eigenvalue weighted by Crippen LogP contribution is 2.37. The van der Waals surface area contributed by atoms with Crippen molar-refractivity contribution in [2.24, 2.45) is 0 Å². The molecule has 0 bridgehead atoms. The first kappa shape index (κ1) is 18.9. The van der Waals surface area contributed by atoms with E-state index in [1.165, 1.54) is 12.1 Å². The SMILES string of the molecule is CCN(CC(=O)O)C1CC(NC(=O)c2cc3c(cc2[N+](=O)[O-])OCCO3)C1. The van der Waals surface area contributed by atoms with Gasteiger partial charge in [-0.05, 0) is 19.4 Å². The Morgan fingerprint density at radius 1 is 1.30 bits per heavy atom. The summed E-state index contributed by atoms with van der Waals surface area (Å²) in [5.41, 5.74) is -0.417. The van der Waals surface area contributed by atoms with Gasteiger partial charge < -0.3 is 19.9 Å². The maximum absolute atomic E-state index is 12.6. The van der Waals surface area contributed by atoms with Gasteiger partial charge in [0.15, 0.2) is 11.5 Å². The van der Waals surface area contributed by atoms with E-state index < -0.39 is 16.8 Å². The van der Waals surface area contributed by atoms with Crippen LogP contribution in [0.5, 0.6) is 11.5 Å². The predicted octanol–water partition coefficient (Wildman–Crippen LogP) is 1.03. The lowest BCUT2D eigenvalue weighted by molar-refractivity contribution is -0.385. The quantitative estimate of drug-likeness (QED) is 0.530. The first-order valence-electron chi connectivity index (χ1n) is 8.73. The minimum atomic E-state index is -0.892. The van der Waals surface area contributed by atoms with Gasteiger partial charge in [0.05, 0.1) is 17.5 Å². The molecule has 2 N–H and O–H groups in total. The smallest absolute Gasteiger partial charge is 0.317 e. The van der Waals surface area contributed by atoms with Crippen LogP contribution in [-0.4, -0.2) is 65.2 Å². The molecule has 0 atom stereocenters. The number of rotatable bonds is 7. The second-order valence-electron chi connectivity index (χ2n) is 6.52. The van der Waals surface area contributed by atoms with E-state index in [0.29, 0.717) is 38.3 Å². The van der Waals surface area contributed by atoms with Crippen LogP contribution in [-0.2, 0) is 4.79 Å². The number of amides is 1. The Labute approximate surface area is 155 Å². The van der Waals surface area contributed by atoms with E-state index in [9.17, 15) is 19.7 Å². The molecule has 1 aromatic carbocycles. The predicted molar refractivity (Wildman–Crippen MR) is 93.2 cm³/mol. The Kier molecular flexibility index (Phi) is 5.45. The van der Waals surface area contributed by atoms with Gasteiger partial charge >= 0.3 is 5.97 Å². The lowest BCUT2D eigenvalue weighted by Crippen LogP contribution is -2.54. The number of carboxylic acid groups (broad SMARTS) is 1. The van der Waals surface area contributed by atoms with Gasteiger partial charge in [-0.3, -0.25) is 24.6 Å². The summed E-state index contributed by atoms with van der Waals surface area (Å²) < 4.78 is 10.7. The molecule has 1 aliphatic carbocycles. The number of fused-ring (bicyclic) bond motifs is 1.